The Morgan fingerprint density at radius 3 is 2.68 bits per heavy atom. The van der Waals surface area contributed by atoms with Crippen molar-refractivity contribution in [2.75, 3.05) is 13.1 Å². The van der Waals surface area contributed by atoms with Crippen molar-refractivity contribution >= 4 is 22.8 Å². The Labute approximate surface area is 217 Å². The molecule has 0 spiro atoms. The van der Waals surface area contributed by atoms with Gasteiger partial charge < -0.3 is 19.9 Å². The first-order chi connectivity index (χ1) is 17.7. The van der Waals surface area contributed by atoms with Crippen LogP contribution >= 0.6 is 0 Å². The van der Waals surface area contributed by atoms with Crippen molar-refractivity contribution < 1.29 is 14.7 Å². The summed E-state index contributed by atoms with van der Waals surface area (Å²) in [6.07, 6.45) is 4.11. The molecule has 3 aromatic rings. The number of amides is 2. The van der Waals surface area contributed by atoms with E-state index in [0.29, 0.717) is 18.9 Å². The van der Waals surface area contributed by atoms with Crippen LogP contribution in [0.4, 0.5) is 0 Å². The van der Waals surface area contributed by atoms with E-state index >= 15 is 0 Å². The highest BCUT2D eigenvalue weighted by molar-refractivity contribution is 5.90. The lowest BCUT2D eigenvalue weighted by Crippen LogP contribution is -2.50. The van der Waals surface area contributed by atoms with Crippen LogP contribution in [0.25, 0.3) is 11.0 Å². The van der Waals surface area contributed by atoms with E-state index in [1.165, 1.54) is 4.90 Å². The number of para-hydroxylation sites is 2. The molecular weight excluding hydrogens is 470 g/mol. The van der Waals surface area contributed by atoms with Crippen LogP contribution in [-0.4, -0.2) is 71.6 Å². The molecule has 2 aromatic heterocycles. The van der Waals surface area contributed by atoms with Gasteiger partial charge in [0.15, 0.2) is 0 Å². The van der Waals surface area contributed by atoms with Gasteiger partial charge in [-0.25, -0.2) is 9.67 Å². The highest BCUT2D eigenvalue weighted by Gasteiger charge is 2.45. The summed E-state index contributed by atoms with van der Waals surface area (Å²) in [5, 5.41) is 22.0. The number of aliphatic hydroxyl groups excluding tert-OH is 1. The molecule has 3 heterocycles. The van der Waals surface area contributed by atoms with Crippen molar-refractivity contribution in [3.63, 3.8) is 0 Å². The molecule has 10 nitrogen and oxygen atoms in total. The van der Waals surface area contributed by atoms with E-state index in [9.17, 15) is 14.7 Å². The zero-order valence-electron chi connectivity index (χ0n) is 22.1. The van der Waals surface area contributed by atoms with E-state index in [2.05, 4.69) is 27.1 Å². The Morgan fingerprint density at radius 1 is 1.22 bits per heavy atom. The smallest absolute Gasteiger partial charge is 0.248 e. The second-order valence-electron chi connectivity index (χ2n) is 11.4. The Bertz CT molecular complexity index is 1290. The molecule has 198 valence electrons. The number of aryl methyl sites for hydroxylation is 1. The van der Waals surface area contributed by atoms with Crippen LogP contribution in [0.5, 0.6) is 0 Å². The number of benzene rings is 1. The summed E-state index contributed by atoms with van der Waals surface area (Å²) in [6.45, 7) is 9.33. The number of likely N-dealkylation sites (tertiary alicyclic amines) is 1. The number of β-amino-alcohol motifs (C(OH)–C–C–N with tert-alkyl or cyclic N) is 1. The van der Waals surface area contributed by atoms with Gasteiger partial charge in [-0.2, -0.15) is 0 Å². The number of aromatic nitrogens is 5. The van der Waals surface area contributed by atoms with Crippen molar-refractivity contribution in [2.45, 2.75) is 84.0 Å². The summed E-state index contributed by atoms with van der Waals surface area (Å²) < 4.78 is 3.80. The lowest BCUT2D eigenvalue weighted by atomic mass is 9.85. The molecule has 1 saturated carbocycles. The maximum Gasteiger partial charge on any atom is 0.248 e. The fraction of sp³-hybridized carbons (Fsp3) is 0.593. The first-order valence-electron chi connectivity index (χ1n) is 13.3. The fourth-order valence-electron chi connectivity index (χ4n) is 5.41. The van der Waals surface area contributed by atoms with Crippen molar-refractivity contribution in [3.05, 3.63) is 42.0 Å². The van der Waals surface area contributed by atoms with E-state index in [0.717, 1.165) is 41.9 Å². The van der Waals surface area contributed by atoms with Crippen LogP contribution in [0.3, 0.4) is 0 Å². The van der Waals surface area contributed by atoms with Crippen molar-refractivity contribution in [1.29, 1.82) is 0 Å². The van der Waals surface area contributed by atoms with Crippen LogP contribution in [-0.2, 0) is 22.6 Å². The largest absolute Gasteiger partial charge is 0.391 e. The number of nitrogens with zero attached hydrogens (tertiary/aromatic N) is 6. The zero-order valence-corrected chi connectivity index (χ0v) is 22.1. The van der Waals surface area contributed by atoms with Gasteiger partial charge in [-0.15, -0.1) is 5.10 Å². The molecule has 2 N–H and O–H groups in total. The lowest BCUT2D eigenvalue weighted by molar-refractivity contribution is -0.144. The van der Waals surface area contributed by atoms with Gasteiger partial charge in [-0.1, -0.05) is 38.1 Å². The Balaban J connectivity index is 1.28. The molecule has 1 saturated heterocycles. The summed E-state index contributed by atoms with van der Waals surface area (Å²) in [5.74, 6) is 0.865. The lowest BCUT2D eigenvalue weighted by Gasteiger charge is -2.34. The number of hydrogen-bond acceptors (Lipinski definition) is 6. The molecule has 2 fully saturated rings. The third-order valence-corrected chi connectivity index (χ3v) is 7.40. The first-order valence-corrected chi connectivity index (χ1v) is 13.3. The number of carbonyl (C=O) groups is 2. The normalized spacial score (nSPS) is 20.9. The number of aliphatic hydroxyl groups is 1. The van der Waals surface area contributed by atoms with Crippen LogP contribution in [0.2, 0.25) is 0 Å². The molecule has 1 aromatic carbocycles. The second-order valence-corrected chi connectivity index (χ2v) is 11.4. The van der Waals surface area contributed by atoms with Crippen LogP contribution < -0.4 is 5.32 Å². The van der Waals surface area contributed by atoms with Gasteiger partial charge in [0, 0.05) is 44.6 Å². The van der Waals surface area contributed by atoms with Gasteiger partial charge in [0.2, 0.25) is 11.8 Å². The standard InChI is InChI=1S/C27H37N7O3/c1-5-32-21-9-7-6-8-19(21)29-23(32)12-13-28-25(36)22-14-18(35)15-33(22)26(37)24(27(2,3)4)34-16-20(30-31-34)17-10-11-17/h6-9,16-18,22,24,35H,5,10-15H2,1-4H3,(H,28,36)/t18?,22?,24-/m1/s1. The van der Waals surface area contributed by atoms with Gasteiger partial charge in [-0.05, 0) is 37.3 Å². The number of hydrogen-bond donors (Lipinski definition) is 2. The fourth-order valence-corrected chi connectivity index (χ4v) is 5.41. The minimum Gasteiger partial charge on any atom is -0.391 e. The Hall–Kier alpha value is -3.27. The van der Waals surface area contributed by atoms with Crippen LogP contribution in [0.15, 0.2) is 30.5 Å². The monoisotopic (exact) mass is 507 g/mol. The molecule has 2 unspecified atom stereocenters. The molecule has 3 atom stereocenters. The summed E-state index contributed by atoms with van der Waals surface area (Å²) in [7, 11) is 0. The van der Waals surface area contributed by atoms with E-state index < -0.39 is 23.6 Å². The third kappa shape index (κ3) is 5.12. The van der Waals surface area contributed by atoms with E-state index in [1.54, 1.807) is 4.68 Å². The number of nitrogens with one attached hydrogen (secondary N) is 1. The molecule has 0 radical (unpaired) electrons. The minimum atomic E-state index is -0.748. The highest BCUT2D eigenvalue weighted by atomic mass is 16.3. The molecule has 2 amide bonds. The van der Waals surface area contributed by atoms with Gasteiger partial charge in [0.1, 0.15) is 17.9 Å². The molecule has 1 aliphatic carbocycles. The first kappa shape index (κ1) is 25.4. The van der Waals surface area contributed by atoms with Gasteiger partial charge in [0.25, 0.3) is 0 Å². The predicted octanol–water partition coefficient (Wildman–Crippen LogP) is 2.43. The summed E-state index contributed by atoms with van der Waals surface area (Å²) in [5.41, 5.74) is 2.47. The average Bonchev–Trinajstić information content (AvgIpc) is 3.29. The van der Waals surface area contributed by atoms with Crippen molar-refractivity contribution in [1.82, 2.24) is 34.8 Å². The average molecular weight is 508 g/mol. The highest BCUT2D eigenvalue weighted by Crippen LogP contribution is 2.40. The quantitative estimate of drug-likeness (QED) is 0.484. The number of imidazole rings is 1. The van der Waals surface area contributed by atoms with Crippen molar-refractivity contribution in [3.8, 4) is 0 Å². The molecule has 2 aliphatic rings. The third-order valence-electron chi connectivity index (χ3n) is 7.40. The number of fused-ring (bicyclic) bond motifs is 1. The van der Waals surface area contributed by atoms with Crippen LogP contribution in [0.1, 0.15) is 70.4 Å². The molecular formula is C27H37N7O3. The summed E-state index contributed by atoms with van der Waals surface area (Å²) in [6, 6.07) is 6.64. The van der Waals surface area contributed by atoms with Crippen molar-refractivity contribution in [2.24, 2.45) is 5.41 Å². The molecule has 10 heteroatoms. The summed E-state index contributed by atoms with van der Waals surface area (Å²) >= 11 is 0. The van der Waals surface area contributed by atoms with E-state index in [1.807, 2.05) is 51.2 Å². The minimum absolute atomic E-state index is 0.124. The zero-order chi connectivity index (χ0) is 26.3. The number of rotatable bonds is 8. The molecule has 37 heavy (non-hydrogen) atoms. The summed E-state index contributed by atoms with van der Waals surface area (Å²) in [4.78, 5) is 33.4. The van der Waals surface area contributed by atoms with E-state index in [4.69, 9.17) is 4.98 Å². The second kappa shape index (κ2) is 9.89. The predicted molar refractivity (Wildman–Crippen MR) is 139 cm³/mol. The van der Waals surface area contributed by atoms with Gasteiger partial charge >= 0.3 is 0 Å². The number of carbonyl (C=O) groups excluding carboxylic acids is 2. The topological polar surface area (TPSA) is 118 Å². The Kier molecular flexibility index (Phi) is 6.78. The van der Waals surface area contributed by atoms with Gasteiger partial charge in [-0.3, -0.25) is 9.59 Å². The SMILES string of the molecule is CCn1c(CCNC(=O)C2CC(O)CN2C(=O)[C@@H](n2cc(C3CC3)nn2)C(C)(C)C)nc2ccccc21. The molecule has 1 aliphatic heterocycles. The Morgan fingerprint density at radius 2 is 1.97 bits per heavy atom. The molecule has 0 bridgehead atoms. The van der Waals surface area contributed by atoms with E-state index in [-0.39, 0.29) is 24.8 Å². The van der Waals surface area contributed by atoms with Crippen LogP contribution in [0, 0.1) is 5.41 Å². The van der Waals surface area contributed by atoms with Gasteiger partial charge in [0.05, 0.1) is 22.8 Å². The molecule has 5 rings (SSSR count). The maximum absolute atomic E-state index is 13.9. The maximum atomic E-state index is 13.9.